The van der Waals surface area contributed by atoms with E-state index in [1.165, 1.54) is 6.08 Å². The molecule has 0 saturated carbocycles. The molecule has 0 fully saturated rings. The Labute approximate surface area is 153 Å². The molecule has 4 heteroatoms. The molecule has 130 valence electrons. The number of ketones is 1. The average molecular weight is 357 g/mol. The normalized spacial score (nSPS) is 11.6. The van der Waals surface area contributed by atoms with Gasteiger partial charge in [0.2, 0.25) is 0 Å². The number of carbonyl (C=O) groups excluding carboxylic acids is 2. The summed E-state index contributed by atoms with van der Waals surface area (Å²) in [5.74, 6) is -0.639. The molecule has 0 radical (unpaired) electrons. The summed E-state index contributed by atoms with van der Waals surface area (Å²) >= 11 is 6.14. The number of halogens is 1. The van der Waals surface area contributed by atoms with Gasteiger partial charge in [-0.05, 0) is 51.5 Å². The summed E-state index contributed by atoms with van der Waals surface area (Å²) in [4.78, 5) is 24.7. The SMILES string of the molecule is Cc1ccc(C(=O)c2ccccc2Cl)c(/C=C/C(=O)OC(C)(C)C)c1. The fraction of sp³-hybridized carbons (Fsp3) is 0.238. The first-order valence-corrected chi connectivity index (χ1v) is 8.36. The lowest BCUT2D eigenvalue weighted by Crippen LogP contribution is -2.22. The second-order valence-corrected chi connectivity index (χ2v) is 7.17. The number of hydrogen-bond donors (Lipinski definition) is 0. The minimum absolute atomic E-state index is 0.186. The van der Waals surface area contributed by atoms with Gasteiger partial charge in [0.1, 0.15) is 5.60 Å². The van der Waals surface area contributed by atoms with E-state index < -0.39 is 11.6 Å². The number of carbonyl (C=O) groups is 2. The van der Waals surface area contributed by atoms with Crippen molar-refractivity contribution in [2.24, 2.45) is 0 Å². The van der Waals surface area contributed by atoms with E-state index >= 15 is 0 Å². The van der Waals surface area contributed by atoms with Crippen molar-refractivity contribution in [1.82, 2.24) is 0 Å². The number of esters is 1. The van der Waals surface area contributed by atoms with Crippen LogP contribution in [-0.4, -0.2) is 17.4 Å². The summed E-state index contributed by atoms with van der Waals surface area (Å²) in [5.41, 5.74) is 1.98. The highest BCUT2D eigenvalue weighted by molar-refractivity contribution is 6.35. The van der Waals surface area contributed by atoms with Crippen LogP contribution in [0.15, 0.2) is 48.5 Å². The highest BCUT2D eigenvalue weighted by Gasteiger charge is 2.17. The predicted octanol–water partition coefficient (Wildman–Crippen LogP) is 5.23. The molecule has 3 nitrogen and oxygen atoms in total. The topological polar surface area (TPSA) is 43.4 Å². The summed E-state index contributed by atoms with van der Waals surface area (Å²) in [6.45, 7) is 7.34. The number of hydrogen-bond acceptors (Lipinski definition) is 3. The fourth-order valence-electron chi connectivity index (χ4n) is 2.31. The van der Waals surface area contributed by atoms with Gasteiger partial charge in [0.05, 0.1) is 5.02 Å². The van der Waals surface area contributed by atoms with Gasteiger partial charge in [-0.2, -0.15) is 0 Å². The Morgan fingerprint density at radius 3 is 2.36 bits per heavy atom. The van der Waals surface area contributed by atoms with Crippen LogP contribution in [0.25, 0.3) is 6.08 Å². The maximum atomic E-state index is 12.8. The van der Waals surface area contributed by atoms with E-state index in [0.29, 0.717) is 21.7 Å². The standard InChI is InChI=1S/C21H21ClO3/c1-14-9-11-16(20(24)17-7-5-6-8-18(17)22)15(13-14)10-12-19(23)25-21(2,3)4/h5-13H,1-4H3/b12-10+. The van der Waals surface area contributed by atoms with Crippen molar-refractivity contribution < 1.29 is 14.3 Å². The van der Waals surface area contributed by atoms with Gasteiger partial charge >= 0.3 is 5.97 Å². The van der Waals surface area contributed by atoms with Gasteiger partial charge in [0.15, 0.2) is 5.78 Å². The van der Waals surface area contributed by atoms with Crippen LogP contribution < -0.4 is 0 Å². The molecule has 0 aliphatic heterocycles. The largest absolute Gasteiger partial charge is 0.457 e. The summed E-state index contributed by atoms with van der Waals surface area (Å²) in [6.07, 6.45) is 2.94. The van der Waals surface area contributed by atoms with Gasteiger partial charge in [-0.25, -0.2) is 4.79 Å². The highest BCUT2D eigenvalue weighted by atomic mass is 35.5. The summed E-state index contributed by atoms with van der Waals surface area (Å²) in [5, 5.41) is 0.398. The first-order chi connectivity index (χ1) is 11.7. The molecule has 0 atom stereocenters. The average Bonchev–Trinajstić information content (AvgIpc) is 2.51. The zero-order valence-corrected chi connectivity index (χ0v) is 15.6. The molecule has 0 N–H and O–H groups in total. The van der Waals surface area contributed by atoms with Crippen LogP contribution in [0.5, 0.6) is 0 Å². The molecular weight excluding hydrogens is 336 g/mol. The van der Waals surface area contributed by atoms with Crippen LogP contribution in [0.3, 0.4) is 0 Å². The number of rotatable bonds is 4. The van der Waals surface area contributed by atoms with Crippen molar-refractivity contribution in [3.8, 4) is 0 Å². The van der Waals surface area contributed by atoms with Crippen molar-refractivity contribution >= 4 is 29.4 Å². The minimum atomic E-state index is -0.565. The first-order valence-electron chi connectivity index (χ1n) is 7.98. The molecule has 0 spiro atoms. The summed E-state index contributed by atoms with van der Waals surface area (Å²) < 4.78 is 5.26. The Morgan fingerprint density at radius 2 is 1.72 bits per heavy atom. The maximum absolute atomic E-state index is 12.8. The van der Waals surface area contributed by atoms with Gasteiger partial charge in [-0.15, -0.1) is 0 Å². The molecule has 0 saturated heterocycles. The minimum Gasteiger partial charge on any atom is -0.457 e. The van der Waals surface area contributed by atoms with Gasteiger partial charge < -0.3 is 4.74 Å². The molecule has 2 rings (SSSR count). The molecule has 0 aromatic heterocycles. The van der Waals surface area contributed by atoms with E-state index in [9.17, 15) is 9.59 Å². The molecule has 0 aliphatic carbocycles. The van der Waals surface area contributed by atoms with Crippen LogP contribution in [-0.2, 0) is 9.53 Å². The van der Waals surface area contributed by atoms with Crippen molar-refractivity contribution in [3.63, 3.8) is 0 Å². The number of ether oxygens (including phenoxy) is 1. The Bertz CT molecular complexity index is 829. The summed E-state index contributed by atoms with van der Waals surface area (Å²) in [7, 11) is 0. The molecular formula is C21H21ClO3. The lowest BCUT2D eigenvalue weighted by Gasteiger charge is -2.18. The van der Waals surface area contributed by atoms with Gasteiger partial charge in [-0.1, -0.05) is 47.5 Å². The quantitative estimate of drug-likeness (QED) is 0.427. The number of benzene rings is 2. The fourth-order valence-corrected chi connectivity index (χ4v) is 2.53. The molecule has 2 aromatic rings. The predicted molar refractivity (Wildman–Crippen MR) is 101 cm³/mol. The van der Waals surface area contributed by atoms with Gasteiger partial charge in [0, 0.05) is 17.2 Å². The van der Waals surface area contributed by atoms with E-state index in [2.05, 4.69) is 0 Å². The van der Waals surface area contributed by atoms with Crippen molar-refractivity contribution in [2.75, 3.05) is 0 Å². The van der Waals surface area contributed by atoms with Crippen LogP contribution in [0.1, 0.15) is 47.8 Å². The Balaban J connectivity index is 2.37. The van der Waals surface area contributed by atoms with Gasteiger partial charge in [0.25, 0.3) is 0 Å². The molecule has 0 bridgehead atoms. The van der Waals surface area contributed by atoms with Crippen molar-refractivity contribution in [1.29, 1.82) is 0 Å². The third-order valence-corrected chi connectivity index (χ3v) is 3.71. The molecule has 0 aliphatic rings. The Morgan fingerprint density at radius 1 is 1.04 bits per heavy atom. The van der Waals surface area contributed by atoms with Crippen LogP contribution in [0.4, 0.5) is 0 Å². The lowest BCUT2D eigenvalue weighted by atomic mass is 9.96. The Hall–Kier alpha value is -2.39. The molecule has 0 heterocycles. The third-order valence-electron chi connectivity index (χ3n) is 3.38. The zero-order valence-electron chi connectivity index (χ0n) is 14.8. The highest BCUT2D eigenvalue weighted by Crippen LogP contribution is 2.23. The molecule has 0 unspecified atom stereocenters. The second-order valence-electron chi connectivity index (χ2n) is 6.77. The molecule has 0 amide bonds. The smallest absolute Gasteiger partial charge is 0.331 e. The van der Waals surface area contributed by atoms with E-state index in [0.717, 1.165) is 5.56 Å². The third kappa shape index (κ3) is 5.30. The van der Waals surface area contributed by atoms with Gasteiger partial charge in [-0.3, -0.25) is 4.79 Å². The first kappa shape index (κ1) is 18.9. The van der Waals surface area contributed by atoms with Crippen molar-refractivity contribution in [3.05, 3.63) is 75.8 Å². The van der Waals surface area contributed by atoms with E-state index in [1.807, 2.05) is 19.1 Å². The van der Waals surface area contributed by atoms with Crippen molar-refractivity contribution in [2.45, 2.75) is 33.3 Å². The lowest BCUT2D eigenvalue weighted by molar-refractivity contribution is -0.148. The Kier molecular flexibility index (Phi) is 5.81. The molecule has 2 aromatic carbocycles. The van der Waals surface area contributed by atoms with E-state index in [4.69, 9.17) is 16.3 Å². The second kappa shape index (κ2) is 7.66. The maximum Gasteiger partial charge on any atom is 0.331 e. The van der Waals surface area contributed by atoms with Crippen LogP contribution in [0.2, 0.25) is 5.02 Å². The van der Waals surface area contributed by atoms with E-state index in [1.54, 1.807) is 57.2 Å². The number of aryl methyl sites for hydroxylation is 1. The zero-order chi connectivity index (χ0) is 18.6. The van der Waals surface area contributed by atoms with Crippen LogP contribution in [0, 0.1) is 6.92 Å². The summed E-state index contributed by atoms with van der Waals surface area (Å²) in [6, 6.07) is 12.4. The van der Waals surface area contributed by atoms with E-state index in [-0.39, 0.29) is 5.78 Å². The monoisotopic (exact) mass is 356 g/mol. The molecule has 25 heavy (non-hydrogen) atoms. The van der Waals surface area contributed by atoms with Crippen LogP contribution >= 0.6 is 11.6 Å².